The fraction of sp³-hybridized carbons (Fsp3) is 0.0476. The molecule has 0 unspecified atom stereocenters. The van der Waals surface area contributed by atoms with E-state index in [1.807, 2.05) is 0 Å². The Kier molecular flexibility index (Phi) is 5.56. The highest BCUT2D eigenvalue weighted by Gasteiger charge is 2.37. The highest BCUT2D eigenvalue weighted by Crippen LogP contribution is 2.35. The van der Waals surface area contributed by atoms with Crippen molar-refractivity contribution < 1.29 is 31.2 Å². The topological polar surface area (TPSA) is 45.8 Å². The Labute approximate surface area is 187 Å². The molecule has 1 amide bonds. The number of nitrogens with zero attached hydrogens (tertiary/aromatic N) is 2. The molecule has 0 atom stereocenters. The third-order valence-corrected chi connectivity index (χ3v) is 5.13. The number of carbonyl (C=O) groups is 1. The second-order valence-corrected chi connectivity index (χ2v) is 7.45. The summed E-state index contributed by atoms with van der Waals surface area (Å²) in [6, 6.07) is 7.76. The molecule has 32 heavy (non-hydrogen) atoms. The van der Waals surface area contributed by atoms with Gasteiger partial charge >= 0.3 is 0 Å². The quantitative estimate of drug-likeness (QED) is 0.178. The zero-order valence-electron chi connectivity index (χ0n) is 15.8. The van der Waals surface area contributed by atoms with Crippen molar-refractivity contribution in [3.05, 3.63) is 80.8 Å². The fourth-order valence-corrected chi connectivity index (χ4v) is 3.40. The largest absolute Gasteiger partial charge is 0.457 e. The highest BCUT2D eigenvalue weighted by atomic mass is 35.5. The van der Waals surface area contributed by atoms with Crippen molar-refractivity contribution in [1.29, 1.82) is 0 Å². The van der Waals surface area contributed by atoms with Crippen molar-refractivity contribution >= 4 is 46.6 Å². The van der Waals surface area contributed by atoms with Crippen LogP contribution >= 0.6 is 23.2 Å². The van der Waals surface area contributed by atoms with E-state index in [1.54, 1.807) is 24.3 Å². The Morgan fingerprint density at radius 3 is 2.22 bits per heavy atom. The number of hydrogen-bond donors (Lipinski definition) is 0. The van der Waals surface area contributed by atoms with Crippen molar-refractivity contribution in [3.63, 3.8) is 0 Å². The van der Waals surface area contributed by atoms with Crippen LogP contribution in [0.1, 0.15) is 12.7 Å². The maximum absolute atomic E-state index is 14.1. The van der Waals surface area contributed by atoms with E-state index >= 15 is 0 Å². The van der Waals surface area contributed by atoms with Gasteiger partial charge in [0.2, 0.25) is 5.82 Å². The minimum absolute atomic E-state index is 0.0299. The second-order valence-electron chi connectivity index (χ2n) is 6.61. The Morgan fingerprint density at radius 1 is 0.938 bits per heavy atom. The second kappa shape index (κ2) is 8.07. The number of benzene rings is 2. The summed E-state index contributed by atoms with van der Waals surface area (Å²) >= 11 is 12.1. The van der Waals surface area contributed by atoms with Crippen LogP contribution in [0.15, 0.2) is 45.4 Å². The molecule has 4 nitrogen and oxygen atoms in total. The molecular weight excluding hydrogens is 478 g/mol. The van der Waals surface area contributed by atoms with E-state index in [9.17, 15) is 26.7 Å². The van der Waals surface area contributed by atoms with Crippen LogP contribution in [0.25, 0.3) is 17.4 Å². The van der Waals surface area contributed by atoms with Gasteiger partial charge in [0.1, 0.15) is 17.2 Å². The van der Waals surface area contributed by atoms with E-state index in [0.29, 0.717) is 21.4 Å². The monoisotopic (exact) mass is 486 g/mol. The zero-order valence-corrected chi connectivity index (χ0v) is 17.3. The molecule has 0 saturated heterocycles. The molecule has 0 aliphatic carbocycles. The van der Waals surface area contributed by atoms with Crippen LogP contribution in [0.3, 0.4) is 0 Å². The Balaban J connectivity index is 1.72. The first-order valence-corrected chi connectivity index (χ1v) is 9.54. The lowest BCUT2D eigenvalue weighted by Crippen LogP contribution is -2.25. The van der Waals surface area contributed by atoms with Gasteiger partial charge in [-0.05, 0) is 43.3 Å². The first-order chi connectivity index (χ1) is 15.1. The third kappa shape index (κ3) is 3.57. The van der Waals surface area contributed by atoms with Crippen LogP contribution in [0.4, 0.5) is 27.6 Å². The van der Waals surface area contributed by atoms with E-state index < -0.39 is 40.7 Å². The summed E-state index contributed by atoms with van der Waals surface area (Å²) in [7, 11) is 0. The highest BCUT2D eigenvalue weighted by molar-refractivity contribution is 6.35. The van der Waals surface area contributed by atoms with Gasteiger partial charge < -0.3 is 4.42 Å². The van der Waals surface area contributed by atoms with Crippen LogP contribution in [-0.4, -0.2) is 11.6 Å². The summed E-state index contributed by atoms with van der Waals surface area (Å²) in [6.07, 6.45) is 1.22. The van der Waals surface area contributed by atoms with Gasteiger partial charge in [0.25, 0.3) is 5.91 Å². The molecule has 164 valence electrons. The molecule has 2 heterocycles. The van der Waals surface area contributed by atoms with Crippen molar-refractivity contribution in [3.8, 4) is 11.3 Å². The van der Waals surface area contributed by atoms with Crippen LogP contribution in [0.5, 0.6) is 0 Å². The van der Waals surface area contributed by atoms with Crippen molar-refractivity contribution in [2.75, 3.05) is 5.01 Å². The standard InChI is InChI=1S/C21H9Cl2F5N2O2/c1-8-11(7-10-3-5-14(32-10)12-6-9(22)2-4-13(12)23)21(31)30(29-8)20-18(27)16(25)15(24)17(26)19(20)28/h2-7H,1H3/b11-7+. The van der Waals surface area contributed by atoms with Gasteiger partial charge in [-0.1, -0.05) is 23.2 Å². The number of amides is 1. The zero-order chi connectivity index (χ0) is 23.3. The van der Waals surface area contributed by atoms with Gasteiger partial charge in [-0.3, -0.25) is 4.79 Å². The lowest BCUT2D eigenvalue weighted by Gasteiger charge is -2.14. The Hall–Kier alpha value is -3.17. The number of furan rings is 1. The van der Waals surface area contributed by atoms with Gasteiger partial charge in [-0.2, -0.15) is 10.1 Å². The minimum Gasteiger partial charge on any atom is -0.457 e. The molecular formula is C21H9Cl2F5N2O2. The maximum Gasteiger partial charge on any atom is 0.280 e. The summed E-state index contributed by atoms with van der Waals surface area (Å²) in [5.74, 6) is -11.7. The number of hydrazone groups is 1. The van der Waals surface area contributed by atoms with Gasteiger partial charge in [-0.25, -0.2) is 22.0 Å². The molecule has 11 heteroatoms. The molecule has 1 aliphatic rings. The molecule has 0 fully saturated rings. The normalized spacial score (nSPS) is 15.1. The minimum atomic E-state index is -2.34. The number of halogens is 7. The molecule has 1 aliphatic heterocycles. The van der Waals surface area contributed by atoms with Crippen molar-refractivity contribution in [1.82, 2.24) is 0 Å². The van der Waals surface area contributed by atoms with Crippen LogP contribution in [0.2, 0.25) is 10.0 Å². The van der Waals surface area contributed by atoms with E-state index in [-0.39, 0.29) is 22.1 Å². The SMILES string of the molecule is CC1=NN(c2c(F)c(F)c(F)c(F)c2F)C(=O)/C1=C/c1ccc(-c2cc(Cl)ccc2Cl)o1. The number of carbonyl (C=O) groups excluding carboxylic acids is 1. The van der Waals surface area contributed by atoms with E-state index in [4.69, 9.17) is 27.6 Å². The molecule has 4 rings (SSSR count). The van der Waals surface area contributed by atoms with Gasteiger partial charge in [0, 0.05) is 10.6 Å². The predicted molar refractivity (Wildman–Crippen MR) is 109 cm³/mol. The Morgan fingerprint density at radius 2 is 1.56 bits per heavy atom. The van der Waals surface area contributed by atoms with Crippen LogP contribution < -0.4 is 5.01 Å². The summed E-state index contributed by atoms with van der Waals surface area (Å²) in [5, 5.41) is 4.54. The first kappa shape index (κ1) is 22.0. The number of anilines is 1. The summed E-state index contributed by atoms with van der Waals surface area (Å²) in [4.78, 5) is 12.7. The van der Waals surface area contributed by atoms with Gasteiger partial charge in [0.05, 0.1) is 16.3 Å². The molecule has 3 aromatic rings. The Bertz CT molecular complexity index is 1320. The first-order valence-electron chi connectivity index (χ1n) is 8.78. The van der Waals surface area contributed by atoms with E-state index in [0.717, 1.165) is 0 Å². The summed E-state index contributed by atoms with van der Waals surface area (Å²) in [5.41, 5.74) is -1.19. The smallest absolute Gasteiger partial charge is 0.280 e. The van der Waals surface area contributed by atoms with Gasteiger partial charge in [0.15, 0.2) is 23.3 Å². The molecule has 0 bridgehead atoms. The molecule has 1 aromatic heterocycles. The average Bonchev–Trinajstić information content (AvgIpc) is 3.33. The number of hydrogen-bond acceptors (Lipinski definition) is 3. The lowest BCUT2D eigenvalue weighted by atomic mass is 10.1. The average molecular weight is 487 g/mol. The molecule has 2 aromatic carbocycles. The van der Waals surface area contributed by atoms with Crippen LogP contribution in [-0.2, 0) is 4.79 Å². The molecule has 0 saturated carbocycles. The molecule has 0 spiro atoms. The maximum atomic E-state index is 14.1. The summed E-state index contributed by atoms with van der Waals surface area (Å²) < 4.78 is 74.3. The third-order valence-electron chi connectivity index (χ3n) is 4.57. The number of rotatable bonds is 3. The predicted octanol–water partition coefficient (Wildman–Crippen LogP) is 6.76. The van der Waals surface area contributed by atoms with Crippen molar-refractivity contribution in [2.45, 2.75) is 6.92 Å². The van der Waals surface area contributed by atoms with E-state index in [1.165, 1.54) is 19.1 Å². The lowest BCUT2D eigenvalue weighted by molar-refractivity contribution is -0.114. The van der Waals surface area contributed by atoms with Crippen molar-refractivity contribution in [2.24, 2.45) is 5.10 Å². The molecule has 0 N–H and O–H groups in total. The fourth-order valence-electron chi connectivity index (χ4n) is 3.02. The van der Waals surface area contributed by atoms with Gasteiger partial charge in [-0.15, -0.1) is 0 Å². The van der Waals surface area contributed by atoms with Crippen LogP contribution in [0, 0.1) is 29.1 Å². The van der Waals surface area contributed by atoms with E-state index in [2.05, 4.69) is 5.10 Å². The summed E-state index contributed by atoms with van der Waals surface area (Å²) in [6.45, 7) is 1.33. The molecule has 0 radical (unpaired) electrons.